The Morgan fingerprint density at radius 2 is 1.63 bits per heavy atom. The van der Waals surface area contributed by atoms with Gasteiger partial charge in [-0.05, 0) is 60.7 Å². The molecular weight excluding hydrogens is 282 g/mol. The fourth-order valence-corrected chi connectivity index (χ4v) is 2.61. The summed E-state index contributed by atoms with van der Waals surface area (Å²) >= 11 is 12.6. The average Bonchev–Trinajstić information content (AvgIpc) is 2.36. The number of benzene rings is 2. The maximum atomic E-state index is 13.4. The third kappa shape index (κ3) is 2.93. The summed E-state index contributed by atoms with van der Waals surface area (Å²) in [6.45, 7) is 5.80. The van der Waals surface area contributed by atoms with E-state index in [0.29, 0.717) is 10.6 Å². The van der Waals surface area contributed by atoms with Crippen LogP contribution in [0.4, 0.5) is 4.39 Å². The van der Waals surface area contributed by atoms with Crippen LogP contribution in [0, 0.1) is 26.6 Å². The second-order valence-corrected chi connectivity index (χ2v) is 5.67. The lowest BCUT2D eigenvalue weighted by Crippen LogP contribution is -1.98. The Labute approximate surface area is 123 Å². The van der Waals surface area contributed by atoms with Gasteiger partial charge in [-0.2, -0.15) is 0 Å². The highest BCUT2D eigenvalue weighted by Gasteiger charge is 2.16. The Bertz CT molecular complexity index is 620. The number of alkyl halides is 1. The van der Waals surface area contributed by atoms with Crippen LogP contribution in [0.2, 0.25) is 5.02 Å². The minimum atomic E-state index is -0.369. The van der Waals surface area contributed by atoms with Crippen LogP contribution in [0.3, 0.4) is 0 Å². The third-order valence-corrected chi connectivity index (χ3v) is 4.19. The smallest absolute Gasteiger partial charge is 0.127 e. The molecule has 0 aliphatic heterocycles. The van der Waals surface area contributed by atoms with Gasteiger partial charge in [0, 0.05) is 5.02 Å². The summed E-state index contributed by atoms with van der Waals surface area (Å²) in [5.74, 6) is -0.308. The van der Waals surface area contributed by atoms with Crippen LogP contribution in [0.25, 0.3) is 0 Å². The topological polar surface area (TPSA) is 0 Å². The molecule has 1 unspecified atom stereocenters. The summed E-state index contributed by atoms with van der Waals surface area (Å²) in [7, 11) is 0. The standard InChI is InChI=1S/C16H15Cl2F/c1-9-4-5-12(6-10(9)2)16(18)13-7-11(3)15(19)8-14(13)17/h4-8,16H,1-3H3. The SMILES string of the molecule is Cc1ccc(C(Cl)c2cc(C)c(F)cc2Cl)cc1C. The Kier molecular flexibility index (Phi) is 4.17. The van der Waals surface area contributed by atoms with Gasteiger partial charge in [-0.25, -0.2) is 4.39 Å². The summed E-state index contributed by atoms with van der Waals surface area (Å²) in [5.41, 5.74) is 4.66. The number of aryl methyl sites for hydroxylation is 3. The first kappa shape index (κ1) is 14.4. The molecule has 100 valence electrons. The first-order chi connectivity index (χ1) is 8.90. The molecule has 0 amide bonds. The largest absolute Gasteiger partial charge is 0.207 e. The maximum absolute atomic E-state index is 13.4. The van der Waals surface area contributed by atoms with Crippen LogP contribution in [0.15, 0.2) is 30.3 Å². The first-order valence-electron chi connectivity index (χ1n) is 6.07. The highest BCUT2D eigenvalue weighted by Crippen LogP contribution is 2.35. The van der Waals surface area contributed by atoms with Gasteiger partial charge in [0.2, 0.25) is 0 Å². The van der Waals surface area contributed by atoms with Crippen molar-refractivity contribution >= 4 is 23.2 Å². The van der Waals surface area contributed by atoms with Gasteiger partial charge in [0.15, 0.2) is 0 Å². The van der Waals surface area contributed by atoms with Gasteiger partial charge in [0.1, 0.15) is 5.82 Å². The molecule has 0 aliphatic rings. The number of hydrogen-bond donors (Lipinski definition) is 0. The highest BCUT2D eigenvalue weighted by molar-refractivity contribution is 6.33. The zero-order chi connectivity index (χ0) is 14.2. The van der Waals surface area contributed by atoms with E-state index in [1.165, 1.54) is 17.2 Å². The van der Waals surface area contributed by atoms with Crippen molar-refractivity contribution in [2.24, 2.45) is 0 Å². The molecule has 0 saturated heterocycles. The molecule has 2 aromatic carbocycles. The van der Waals surface area contributed by atoms with Crippen LogP contribution >= 0.6 is 23.2 Å². The van der Waals surface area contributed by atoms with Crippen molar-refractivity contribution in [3.05, 3.63) is 69.0 Å². The van der Waals surface area contributed by atoms with E-state index in [1.54, 1.807) is 13.0 Å². The number of hydrogen-bond acceptors (Lipinski definition) is 0. The maximum Gasteiger partial charge on any atom is 0.127 e. The molecule has 0 fully saturated rings. The molecule has 1 atom stereocenters. The summed E-state index contributed by atoms with van der Waals surface area (Å²) < 4.78 is 13.4. The zero-order valence-corrected chi connectivity index (χ0v) is 12.6. The van der Waals surface area contributed by atoms with Crippen LogP contribution in [-0.4, -0.2) is 0 Å². The summed E-state index contributed by atoms with van der Waals surface area (Å²) in [5, 5.41) is -0.00701. The number of halogens is 3. The molecule has 0 saturated carbocycles. The molecule has 0 N–H and O–H groups in total. The second-order valence-electron chi connectivity index (χ2n) is 4.83. The lowest BCUT2D eigenvalue weighted by atomic mass is 9.99. The number of rotatable bonds is 2. The molecule has 0 spiro atoms. The van der Waals surface area contributed by atoms with Gasteiger partial charge in [0.25, 0.3) is 0 Å². The van der Waals surface area contributed by atoms with E-state index >= 15 is 0 Å². The van der Waals surface area contributed by atoms with Crippen molar-refractivity contribution in [2.45, 2.75) is 26.1 Å². The van der Waals surface area contributed by atoms with Crippen LogP contribution in [0.1, 0.15) is 33.2 Å². The molecule has 0 bridgehead atoms. The third-order valence-electron chi connectivity index (χ3n) is 3.37. The van der Waals surface area contributed by atoms with Crippen molar-refractivity contribution in [3.8, 4) is 0 Å². The van der Waals surface area contributed by atoms with E-state index in [-0.39, 0.29) is 11.2 Å². The van der Waals surface area contributed by atoms with Gasteiger partial charge >= 0.3 is 0 Å². The van der Waals surface area contributed by atoms with Crippen molar-refractivity contribution in [1.29, 1.82) is 0 Å². The van der Waals surface area contributed by atoms with Crippen LogP contribution < -0.4 is 0 Å². The fourth-order valence-electron chi connectivity index (χ4n) is 1.98. The molecule has 0 nitrogen and oxygen atoms in total. The van der Waals surface area contributed by atoms with Crippen LogP contribution in [0.5, 0.6) is 0 Å². The molecule has 2 rings (SSSR count). The zero-order valence-electron chi connectivity index (χ0n) is 11.1. The van der Waals surface area contributed by atoms with E-state index in [1.807, 2.05) is 25.1 Å². The minimum absolute atomic E-state index is 0.308. The van der Waals surface area contributed by atoms with E-state index < -0.39 is 0 Å². The quantitative estimate of drug-likeness (QED) is 0.621. The molecule has 2 aromatic rings. The molecule has 0 heterocycles. The van der Waals surface area contributed by atoms with E-state index in [0.717, 1.165) is 11.1 Å². The van der Waals surface area contributed by atoms with Gasteiger partial charge in [-0.1, -0.05) is 29.8 Å². The molecule has 0 aliphatic carbocycles. The molecule has 3 heteroatoms. The van der Waals surface area contributed by atoms with Gasteiger partial charge in [-0.15, -0.1) is 11.6 Å². The van der Waals surface area contributed by atoms with Crippen LogP contribution in [-0.2, 0) is 0 Å². The Morgan fingerprint density at radius 1 is 0.947 bits per heavy atom. The van der Waals surface area contributed by atoms with Gasteiger partial charge < -0.3 is 0 Å². The van der Waals surface area contributed by atoms with E-state index in [4.69, 9.17) is 23.2 Å². The Hall–Kier alpha value is -1.05. The van der Waals surface area contributed by atoms with Crippen molar-refractivity contribution < 1.29 is 4.39 Å². The van der Waals surface area contributed by atoms with Gasteiger partial charge in [0.05, 0.1) is 5.38 Å². The van der Waals surface area contributed by atoms with Crippen molar-refractivity contribution in [2.75, 3.05) is 0 Å². The van der Waals surface area contributed by atoms with E-state index in [2.05, 4.69) is 6.92 Å². The lowest BCUT2D eigenvalue weighted by molar-refractivity contribution is 0.618. The predicted octanol–water partition coefficient (Wildman–Crippen LogP) is 5.73. The monoisotopic (exact) mass is 296 g/mol. The first-order valence-corrected chi connectivity index (χ1v) is 6.88. The molecular formula is C16H15Cl2F. The summed E-state index contributed by atoms with van der Waals surface area (Å²) in [6, 6.07) is 9.09. The Morgan fingerprint density at radius 3 is 2.26 bits per heavy atom. The normalized spacial score (nSPS) is 12.5. The van der Waals surface area contributed by atoms with E-state index in [9.17, 15) is 4.39 Å². The molecule has 0 radical (unpaired) electrons. The molecule has 19 heavy (non-hydrogen) atoms. The average molecular weight is 297 g/mol. The van der Waals surface area contributed by atoms with Gasteiger partial charge in [-0.3, -0.25) is 0 Å². The van der Waals surface area contributed by atoms with Crippen molar-refractivity contribution in [3.63, 3.8) is 0 Å². The van der Waals surface area contributed by atoms with Crippen molar-refractivity contribution in [1.82, 2.24) is 0 Å². The summed E-state index contributed by atoms with van der Waals surface area (Å²) in [6.07, 6.45) is 0. The lowest BCUT2D eigenvalue weighted by Gasteiger charge is -2.15. The fraction of sp³-hybridized carbons (Fsp3) is 0.250. The highest BCUT2D eigenvalue weighted by atomic mass is 35.5. The summed E-state index contributed by atoms with van der Waals surface area (Å²) in [4.78, 5) is 0. The minimum Gasteiger partial charge on any atom is -0.207 e. The molecule has 0 aromatic heterocycles. The predicted molar refractivity (Wildman–Crippen MR) is 79.8 cm³/mol. The Balaban J connectivity index is 2.46. The second kappa shape index (κ2) is 5.52.